The lowest BCUT2D eigenvalue weighted by atomic mass is 10.0. The number of fused-ring (bicyclic) bond motifs is 2. The molecule has 3 N–H and O–H groups in total. The lowest BCUT2D eigenvalue weighted by Crippen LogP contribution is -2.70. The Hall–Kier alpha value is -2.94. The van der Waals surface area contributed by atoms with Gasteiger partial charge in [-0.05, 0) is 12.1 Å². The molecule has 0 bridgehead atoms. The molecule has 2 atom stereocenters. The smallest absolute Gasteiger partial charge is 0.353 e. The molecule has 2 aliphatic heterocycles. The van der Waals surface area contributed by atoms with Crippen LogP contribution >= 0.6 is 46.2 Å². The highest BCUT2D eigenvalue weighted by molar-refractivity contribution is 8.07. The number of nitrogens with zero attached hydrogens (tertiary/aromatic N) is 3. The predicted octanol–water partition coefficient (Wildman–Crippen LogP) is 2.35. The van der Waals surface area contributed by atoms with E-state index in [0.29, 0.717) is 32.2 Å². The fourth-order valence-electron chi connectivity index (χ4n) is 3.56. The summed E-state index contributed by atoms with van der Waals surface area (Å²) >= 11 is 5.31. The lowest BCUT2D eigenvalue weighted by Gasteiger charge is -2.49. The number of aliphatic carboxylic acids is 1. The Morgan fingerprint density at radius 3 is 2.88 bits per heavy atom. The van der Waals surface area contributed by atoms with E-state index in [1.54, 1.807) is 5.38 Å². The zero-order valence-electron chi connectivity index (χ0n) is 17.1. The fraction of sp³-hybridized carbons (Fsp3) is 0.200. The van der Waals surface area contributed by atoms with E-state index in [1.165, 1.54) is 51.1 Å². The van der Waals surface area contributed by atoms with E-state index in [0.717, 1.165) is 10.2 Å². The van der Waals surface area contributed by atoms with Crippen LogP contribution in [0, 0.1) is 0 Å². The first kappa shape index (κ1) is 22.8. The number of carbonyl (C=O) groups is 4. The number of hydrogen-bond donors (Lipinski definition) is 3. The maximum absolute atomic E-state index is 12.8. The van der Waals surface area contributed by atoms with Crippen LogP contribution in [-0.4, -0.2) is 61.3 Å². The Balaban J connectivity index is 1.29. The average Bonchev–Trinajstić information content (AvgIpc) is 3.43. The van der Waals surface area contributed by atoms with Crippen molar-refractivity contribution in [1.29, 1.82) is 0 Å². The first-order valence-corrected chi connectivity index (χ1v) is 13.4. The van der Waals surface area contributed by atoms with Gasteiger partial charge in [0.1, 0.15) is 17.1 Å². The molecule has 3 aromatic rings. The van der Waals surface area contributed by atoms with Gasteiger partial charge in [-0.15, -0.1) is 34.4 Å². The van der Waals surface area contributed by atoms with Gasteiger partial charge in [0.2, 0.25) is 12.3 Å². The highest BCUT2D eigenvalue weighted by Gasteiger charge is 2.54. The van der Waals surface area contributed by atoms with Gasteiger partial charge in [0.15, 0.2) is 9.47 Å². The van der Waals surface area contributed by atoms with Gasteiger partial charge in [0, 0.05) is 16.0 Å². The van der Waals surface area contributed by atoms with E-state index < -0.39 is 29.2 Å². The number of para-hydroxylation sites is 1. The second-order valence-electron chi connectivity index (χ2n) is 7.16. The lowest BCUT2D eigenvalue weighted by molar-refractivity contribution is -0.150. The number of hydrogen-bond acceptors (Lipinski definition) is 10. The van der Waals surface area contributed by atoms with Crippen molar-refractivity contribution in [3.05, 3.63) is 45.9 Å². The molecule has 34 heavy (non-hydrogen) atoms. The molecule has 3 amide bonds. The number of carbonyl (C=O) groups excluding carboxylic acids is 3. The first-order valence-electron chi connectivity index (χ1n) is 9.83. The van der Waals surface area contributed by atoms with Gasteiger partial charge in [0.25, 0.3) is 5.91 Å². The topological polar surface area (TPSA) is 142 Å². The summed E-state index contributed by atoms with van der Waals surface area (Å²) in [7, 11) is 0. The molecule has 4 heterocycles. The molecule has 0 unspecified atom stereocenters. The molecule has 2 aromatic heterocycles. The summed E-state index contributed by atoms with van der Waals surface area (Å²) in [4.78, 5) is 58.3. The van der Waals surface area contributed by atoms with Crippen molar-refractivity contribution in [1.82, 2.24) is 20.2 Å². The monoisotopic (exact) mass is 533 g/mol. The van der Waals surface area contributed by atoms with Crippen molar-refractivity contribution >= 4 is 85.7 Å². The molecule has 0 radical (unpaired) electrons. The van der Waals surface area contributed by atoms with Crippen LogP contribution < -0.4 is 10.6 Å². The maximum atomic E-state index is 12.8. The Kier molecular flexibility index (Phi) is 6.29. The zero-order chi connectivity index (χ0) is 23.8. The van der Waals surface area contributed by atoms with Crippen molar-refractivity contribution in [2.24, 2.45) is 0 Å². The van der Waals surface area contributed by atoms with E-state index in [4.69, 9.17) is 0 Å². The third kappa shape index (κ3) is 4.29. The van der Waals surface area contributed by atoms with Crippen LogP contribution in [0.1, 0.15) is 5.69 Å². The maximum Gasteiger partial charge on any atom is 0.353 e. The van der Waals surface area contributed by atoms with Crippen LogP contribution in [0.15, 0.2) is 44.6 Å². The second-order valence-corrected chi connectivity index (χ2v) is 11.5. The van der Waals surface area contributed by atoms with Crippen molar-refractivity contribution in [2.45, 2.75) is 22.2 Å². The van der Waals surface area contributed by atoms with Gasteiger partial charge in [-0.1, -0.05) is 23.9 Å². The number of thioether (sulfide) groups is 2. The van der Waals surface area contributed by atoms with Crippen LogP contribution in [0.5, 0.6) is 0 Å². The quantitative estimate of drug-likeness (QED) is 0.294. The molecule has 1 fully saturated rings. The van der Waals surface area contributed by atoms with Gasteiger partial charge in [-0.25, -0.2) is 14.8 Å². The summed E-state index contributed by atoms with van der Waals surface area (Å²) in [5, 5.41) is 16.5. The Bertz CT molecular complexity index is 1320. The molecule has 174 valence electrons. The number of aromatic nitrogens is 2. The summed E-state index contributed by atoms with van der Waals surface area (Å²) in [5.74, 6) is -1.68. The number of nitrogens with one attached hydrogen (secondary N) is 2. The molecule has 0 spiro atoms. The summed E-state index contributed by atoms with van der Waals surface area (Å²) in [6.07, 6.45) is 0.445. The Morgan fingerprint density at radius 1 is 1.29 bits per heavy atom. The molecular weight excluding hydrogens is 519 g/mol. The molecule has 1 aromatic carbocycles. The minimum absolute atomic E-state index is 0.0570. The highest BCUT2D eigenvalue weighted by Crippen LogP contribution is 2.46. The van der Waals surface area contributed by atoms with E-state index in [-0.39, 0.29) is 12.1 Å². The van der Waals surface area contributed by atoms with Gasteiger partial charge in [-0.2, -0.15) is 0 Å². The van der Waals surface area contributed by atoms with Crippen molar-refractivity contribution < 1.29 is 24.3 Å². The number of thiazole rings is 2. The Labute approximate surface area is 208 Å². The highest BCUT2D eigenvalue weighted by atomic mass is 32.2. The standard InChI is InChI=1S/C20H15N5O5S4/c26-8-21-19-22-9(6-32-19)5-13(27)24-14-16(28)25-15(18(29)30)12(7-31-17(14)25)34-20-23-10-3-1-2-4-11(10)33-20/h1-4,6,8,14,17H,5,7H2,(H,24,27)(H,29,30)(H,21,22,26)/t14-,17-/m1/s1. The summed E-state index contributed by atoms with van der Waals surface area (Å²) in [6, 6.07) is 6.84. The van der Waals surface area contributed by atoms with Crippen molar-refractivity contribution in [3.63, 3.8) is 0 Å². The molecule has 5 rings (SSSR count). The first-order chi connectivity index (χ1) is 16.4. The molecule has 2 aliphatic rings. The number of rotatable bonds is 8. The summed E-state index contributed by atoms with van der Waals surface area (Å²) < 4.78 is 1.71. The number of amides is 3. The van der Waals surface area contributed by atoms with Crippen molar-refractivity contribution in [3.8, 4) is 0 Å². The van der Waals surface area contributed by atoms with Crippen molar-refractivity contribution in [2.75, 3.05) is 11.1 Å². The fourth-order valence-corrected chi connectivity index (χ4v) is 7.94. The van der Waals surface area contributed by atoms with Gasteiger partial charge >= 0.3 is 5.97 Å². The third-order valence-corrected chi connectivity index (χ3v) is 9.48. The van der Waals surface area contributed by atoms with Gasteiger partial charge < -0.3 is 15.7 Å². The third-order valence-electron chi connectivity index (χ3n) is 5.01. The van der Waals surface area contributed by atoms with Gasteiger partial charge in [0.05, 0.1) is 22.3 Å². The van der Waals surface area contributed by atoms with E-state index in [9.17, 15) is 24.3 Å². The minimum atomic E-state index is -1.19. The molecule has 10 nitrogen and oxygen atoms in total. The number of β-lactam (4-membered cyclic amide) rings is 1. The average molecular weight is 534 g/mol. The number of carboxylic acids is 1. The summed E-state index contributed by atoms with van der Waals surface area (Å²) in [5.41, 5.74) is 1.24. The van der Waals surface area contributed by atoms with Crippen LogP contribution in [0.3, 0.4) is 0 Å². The van der Waals surface area contributed by atoms with Crippen LogP contribution in [0.2, 0.25) is 0 Å². The van der Waals surface area contributed by atoms with Gasteiger partial charge in [-0.3, -0.25) is 19.3 Å². The minimum Gasteiger partial charge on any atom is -0.477 e. The predicted molar refractivity (Wildman–Crippen MR) is 131 cm³/mol. The molecule has 0 aliphatic carbocycles. The number of anilines is 1. The van der Waals surface area contributed by atoms with Crippen LogP contribution in [0.4, 0.5) is 5.13 Å². The normalized spacial score (nSPS) is 19.5. The van der Waals surface area contributed by atoms with Crippen LogP contribution in [-0.2, 0) is 25.6 Å². The summed E-state index contributed by atoms with van der Waals surface area (Å²) in [6.45, 7) is 0. The molecule has 0 saturated carbocycles. The SMILES string of the molecule is O=CNc1nc(CC(=O)N[C@@H]2C(=O)N3C(C(=O)O)=C(Sc4nc5ccccc5s4)CS[C@H]23)cs1. The van der Waals surface area contributed by atoms with E-state index in [2.05, 4.69) is 20.6 Å². The largest absolute Gasteiger partial charge is 0.477 e. The molecule has 14 heteroatoms. The van der Waals surface area contributed by atoms with Crippen LogP contribution in [0.25, 0.3) is 10.2 Å². The van der Waals surface area contributed by atoms with E-state index in [1.807, 2.05) is 24.3 Å². The second kappa shape index (κ2) is 9.37. The number of carboxylic acid groups (broad SMARTS) is 1. The zero-order valence-corrected chi connectivity index (χ0v) is 20.4. The van der Waals surface area contributed by atoms with E-state index >= 15 is 0 Å². The molecular formula is C20H15N5O5S4. The number of benzene rings is 1. The molecule has 1 saturated heterocycles. The Morgan fingerprint density at radius 2 is 2.12 bits per heavy atom.